The van der Waals surface area contributed by atoms with Gasteiger partial charge in [0, 0.05) is 43.4 Å². The summed E-state index contributed by atoms with van der Waals surface area (Å²) in [7, 11) is 0. The largest absolute Gasteiger partial charge is 0.392 e. The van der Waals surface area contributed by atoms with Gasteiger partial charge in [0.15, 0.2) is 0 Å². The Kier molecular flexibility index (Phi) is 4.69. The molecular formula is C18H26N2O3. The highest BCUT2D eigenvalue weighted by molar-refractivity contribution is 5.78. The number of carbonyl (C=O) groups excluding carboxylic acids is 1. The summed E-state index contributed by atoms with van der Waals surface area (Å²) in [5.41, 5.74) is 1.79. The van der Waals surface area contributed by atoms with Crippen LogP contribution in [0.2, 0.25) is 0 Å². The summed E-state index contributed by atoms with van der Waals surface area (Å²) in [5.74, 6) is 0.146. The van der Waals surface area contributed by atoms with Crippen molar-refractivity contribution in [3.05, 3.63) is 29.6 Å². The molecule has 1 aliphatic carbocycles. The van der Waals surface area contributed by atoms with Crippen molar-refractivity contribution in [1.82, 2.24) is 9.88 Å². The number of pyridine rings is 1. The molecule has 0 radical (unpaired) electrons. The van der Waals surface area contributed by atoms with Crippen molar-refractivity contribution >= 4 is 5.91 Å². The van der Waals surface area contributed by atoms with Crippen molar-refractivity contribution in [2.75, 3.05) is 19.7 Å². The zero-order chi connectivity index (χ0) is 16.4. The van der Waals surface area contributed by atoms with Crippen LogP contribution in [0, 0.1) is 12.3 Å². The lowest BCUT2D eigenvalue weighted by Crippen LogP contribution is -2.62. The number of aryl methyl sites for hydroxylation is 1. The maximum absolute atomic E-state index is 12.5. The van der Waals surface area contributed by atoms with Gasteiger partial charge in [-0.3, -0.25) is 9.78 Å². The normalized spacial score (nSPS) is 26.1. The molecule has 1 aromatic heterocycles. The summed E-state index contributed by atoms with van der Waals surface area (Å²) in [6, 6.07) is 3.90. The highest BCUT2D eigenvalue weighted by Crippen LogP contribution is 2.50. The van der Waals surface area contributed by atoms with Crippen LogP contribution in [0.25, 0.3) is 0 Å². The van der Waals surface area contributed by atoms with Crippen molar-refractivity contribution in [2.45, 2.75) is 51.7 Å². The SMILES string of the molecule is CCO[C@H]1C[C@H](O)C12CCN(C(=O)Cc1ccc(C)nc1)CC2. The average molecular weight is 318 g/mol. The van der Waals surface area contributed by atoms with Crippen molar-refractivity contribution in [1.29, 1.82) is 0 Å². The molecule has 0 aromatic carbocycles. The minimum atomic E-state index is -0.280. The lowest BCUT2D eigenvalue weighted by Gasteiger charge is -2.56. The molecule has 2 fully saturated rings. The molecule has 3 rings (SSSR count). The van der Waals surface area contributed by atoms with Crippen LogP contribution in [0.4, 0.5) is 0 Å². The minimum Gasteiger partial charge on any atom is -0.392 e. The molecule has 2 aliphatic rings. The molecule has 5 heteroatoms. The van der Waals surface area contributed by atoms with E-state index < -0.39 is 0 Å². The number of aliphatic hydroxyl groups excluding tert-OH is 1. The maximum atomic E-state index is 12.5. The molecular weight excluding hydrogens is 292 g/mol. The molecule has 1 spiro atoms. The van der Waals surface area contributed by atoms with Gasteiger partial charge in [0.2, 0.25) is 5.91 Å². The number of amides is 1. The molecule has 5 nitrogen and oxygen atoms in total. The number of ether oxygens (including phenoxy) is 1. The number of hydrogen-bond donors (Lipinski definition) is 1. The molecule has 0 unspecified atom stereocenters. The molecule has 2 atom stereocenters. The lowest BCUT2D eigenvalue weighted by atomic mass is 9.58. The molecule has 23 heavy (non-hydrogen) atoms. The summed E-state index contributed by atoms with van der Waals surface area (Å²) in [6.07, 6.45) is 4.44. The quantitative estimate of drug-likeness (QED) is 0.918. The van der Waals surface area contributed by atoms with Gasteiger partial charge < -0.3 is 14.7 Å². The van der Waals surface area contributed by atoms with Gasteiger partial charge in [-0.1, -0.05) is 6.07 Å². The second kappa shape index (κ2) is 6.57. The first-order valence-electron chi connectivity index (χ1n) is 8.54. The van der Waals surface area contributed by atoms with Crippen molar-refractivity contribution < 1.29 is 14.6 Å². The first kappa shape index (κ1) is 16.4. The van der Waals surface area contributed by atoms with Crippen LogP contribution in [0.5, 0.6) is 0 Å². The van der Waals surface area contributed by atoms with E-state index in [1.54, 1.807) is 6.20 Å². The Labute approximate surface area is 137 Å². The van der Waals surface area contributed by atoms with E-state index in [0.29, 0.717) is 26.1 Å². The second-order valence-electron chi connectivity index (χ2n) is 6.79. The summed E-state index contributed by atoms with van der Waals surface area (Å²) < 4.78 is 5.77. The van der Waals surface area contributed by atoms with E-state index >= 15 is 0 Å². The third kappa shape index (κ3) is 3.12. The Balaban J connectivity index is 1.56. The van der Waals surface area contributed by atoms with E-state index in [9.17, 15) is 9.90 Å². The summed E-state index contributed by atoms with van der Waals surface area (Å²) in [5, 5.41) is 10.2. The van der Waals surface area contributed by atoms with Crippen molar-refractivity contribution in [3.8, 4) is 0 Å². The molecule has 0 bridgehead atoms. The Hall–Kier alpha value is -1.46. The van der Waals surface area contributed by atoms with Gasteiger partial charge in [-0.15, -0.1) is 0 Å². The molecule has 2 heterocycles. The lowest BCUT2D eigenvalue weighted by molar-refractivity contribution is -0.210. The van der Waals surface area contributed by atoms with Crippen LogP contribution in [0.15, 0.2) is 18.3 Å². The first-order valence-corrected chi connectivity index (χ1v) is 8.54. The molecule has 1 saturated carbocycles. The number of piperidine rings is 1. The Morgan fingerprint density at radius 2 is 2.17 bits per heavy atom. The van der Waals surface area contributed by atoms with Crippen molar-refractivity contribution in [3.63, 3.8) is 0 Å². The predicted octanol–water partition coefficient (Wildman–Crippen LogP) is 1.71. The third-order valence-corrected chi connectivity index (χ3v) is 5.49. The van der Waals surface area contributed by atoms with E-state index in [1.807, 2.05) is 30.9 Å². The zero-order valence-corrected chi connectivity index (χ0v) is 14.0. The Morgan fingerprint density at radius 3 is 2.74 bits per heavy atom. The fourth-order valence-electron chi connectivity index (χ4n) is 3.88. The van der Waals surface area contributed by atoms with Gasteiger partial charge in [-0.25, -0.2) is 0 Å². The third-order valence-electron chi connectivity index (χ3n) is 5.49. The van der Waals surface area contributed by atoms with Crippen LogP contribution in [-0.4, -0.2) is 52.8 Å². The van der Waals surface area contributed by atoms with Gasteiger partial charge in [0.25, 0.3) is 0 Å². The second-order valence-corrected chi connectivity index (χ2v) is 6.79. The number of aliphatic hydroxyl groups is 1. The number of aromatic nitrogens is 1. The van der Waals surface area contributed by atoms with Crippen LogP contribution < -0.4 is 0 Å². The smallest absolute Gasteiger partial charge is 0.227 e. The summed E-state index contributed by atoms with van der Waals surface area (Å²) >= 11 is 0. The van der Waals surface area contributed by atoms with Crippen LogP contribution in [0.1, 0.15) is 37.4 Å². The fourth-order valence-corrected chi connectivity index (χ4v) is 3.88. The van der Waals surface area contributed by atoms with E-state index in [2.05, 4.69) is 4.98 Å². The Morgan fingerprint density at radius 1 is 1.43 bits per heavy atom. The number of rotatable bonds is 4. The molecule has 1 aliphatic heterocycles. The number of nitrogens with zero attached hydrogens (tertiary/aromatic N) is 2. The topological polar surface area (TPSA) is 62.7 Å². The molecule has 1 aromatic rings. The standard InChI is InChI=1S/C18H26N2O3/c1-3-23-16-11-15(21)18(16)6-8-20(9-7-18)17(22)10-14-5-4-13(2)19-12-14/h4-5,12,15-16,21H,3,6-11H2,1-2H3/t15-,16-/m0/s1. The number of carbonyl (C=O) groups is 1. The number of likely N-dealkylation sites (tertiary alicyclic amines) is 1. The van der Waals surface area contributed by atoms with E-state index in [4.69, 9.17) is 4.74 Å². The van der Waals surface area contributed by atoms with Gasteiger partial charge in [-0.2, -0.15) is 0 Å². The number of hydrogen-bond acceptors (Lipinski definition) is 4. The maximum Gasteiger partial charge on any atom is 0.227 e. The highest BCUT2D eigenvalue weighted by Gasteiger charge is 2.56. The molecule has 1 saturated heterocycles. The first-order chi connectivity index (χ1) is 11.0. The van der Waals surface area contributed by atoms with Crippen LogP contribution in [0.3, 0.4) is 0 Å². The van der Waals surface area contributed by atoms with E-state index in [1.165, 1.54) is 0 Å². The Bertz CT molecular complexity index is 548. The van der Waals surface area contributed by atoms with E-state index in [-0.39, 0.29) is 23.5 Å². The fraction of sp³-hybridized carbons (Fsp3) is 0.667. The van der Waals surface area contributed by atoms with Gasteiger partial charge in [0.05, 0.1) is 18.6 Å². The summed E-state index contributed by atoms with van der Waals surface area (Å²) in [6.45, 7) is 6.03. The highest BCUT2D eigenvalue weighted by atomic mass is 16.5. The van der Waals surface area contributed by atoms with Gasteiger partial charge >= 0.3 is 0 Å². The van der Waals surface area contributed by atoms with E-state index in [0.717, 1.165) is 30.5 Å². The predicted molar refractivity (Wildman–Crippen MR) is 87.0 cm³/mol. The molecule has 126 valence electrons. The van der Waals surface area contributed by atoms with Gasteiger partial charge in [0.1, 0.15) is 0 Å². The average Bonchev–Trinajstić information content (AvgIpc) is 2.57. The monoisotopic (exact) mass is 318 g/mol. The van der Waals surface area contributed by atoms with Crippen molar-refractivity contribution in [2.24, 2.45) is 5.41 Å². The molecule has 1 N–H and O–H groups in total. The summed E-state index contributed by atoms with van der Waals surface area (Å²) in [4.78, 5) is 18.6. The van der Waals surface area contributed by atoms with Crippen LogP contribution >= 0.6 is 0 Å². The minimum absolute atomic E-state index is 0.127. The van der Waals surface area contributed by atoms with Crippen LogP contribution in [-0.2, 0) is 16.0 Å². The zero-order valence-electron chi connectivity index (χ0n) is 14.0. The van der Waals surface area contributed by atoms with Gasteiger partial charge in [-0.05, 0) is 38.3 Å². The molecule has 1 amide bonds.